The molecule has 4 atom stereocenters. The van der Waals surface area contributed by atoms with Crippen LogP contribution in [0.5, 0.6) is 5.75 Å². The van der Waals surface area contributed by atoms with Crippen LogP contribution in [0.4, 0.5) is 27.6 Å². The number of alkyl halides is 2. The number of fused-ring (bicyclic) bond motifs is 4. The van der Waals surface area contributed by atoms with Gasteiger partial charge in [-0.25, -0.2) is 50.4 Å². The van der Waals surface area contributed by atoms with Gasteiger partial charge in [0.15, 0.2) is 33.0 Å². The number of phenolic OH excluding ortho intramolecular Hbond substituents is 1. The molecule has 0 bridgehead atoms. The molecule has 1 N–H and O–H groups in total. The lowest BCUT2D eigenvalue weighted by molar-refractivity contribution is -0.122. The number of halogens is 7. The van der Waals surface area contributed by atoms with Gasteiger partial charge >= 0.3 is 11.4 Å². The molecule has 1 saturated heterocycles. The van der Waals surface area contributed by atoms with Crippen molar-refractivity contribution >= 4 is 40.7 Å². The number of hydrogen-bond acceptors (Lipinski definition) is 5. The largest absolute Gasteiger partial charge is 0.508 e. The van der Waals surface area contributed by atoms with Crippen LogP contribution in [-0.4, -0.2) is 40.6 Å². The van der Waals surface area contributed by atoms with E-state index in [0.717, 1.165) is 13.9 Å². The molecule has 1 aromatic heterocycles. The van der Waals surface area contributed by atoms with Crippen LogP contribution in [0.15, 0.2) is 75.8 Å². The van der Waals surface area contributed by atoms with E-state index in [1.165, 1.54) is 42.5 Å². The van der Waals surface area contributed by atoms with E-state index in [4.69, 9.17) is 23.2 Å². The molecule has 0 unspecified atom stereocenters. The molecule has 3 aromatic carbocycles. The molecular weight excluding hydrogens is 662 g/mol. The Hall–Kier alpha value is -4.69. The maximum atomic E-state index is 15.1. The number of rotatable bonds is 3. The predicted molar refractivity (Wildman–Crippen MR) is 153 cm³/mol. The first-order valence-electron chi connectivity index (χ1n) is 13.5. The van der Waals surface area contributed by atoms with Gasteiger partial charge in [-0.15, -0.1) is 23.2 Å². The zero-order chi connectivity index (χ0) is 33.0. The van der Waals surface area contributed by atoms with Crippen molar-refractivity contribution in [1.82, 2.24) is 13.9 Å². The van der Waals surface area contributed by atoms with Crippen LogP contribution in [0.1, 0.15) is 23.9 Å². The number of amides is 2. The number of benzene rings is 3. The van der Waals surface area contributed by atoms with E-state index in [9.17, 15) is 37.5 Å². The lowest BCUT2D eigenvalue weighted by atomic mass is 9.64. The van der Waals surface area contributed by atoms with Crippen LogP contribution < -0.4 is 16.3 Å². The van der Waals surface area contributed by atoms with E-state index in [0.29, 0.717) is 0 Å². The highest BCUT2D eigenvalue weighted by atomic mass is 35.5. The van der Waals surface area contributed by atoms with E-state index >= 15 is 8.78 Å². The van der Waals surface area contributed by atoms with Crippen molar-refractivity contribution in [3.8, 4) is 11.4 Å². The number of aromatic hydroxyl groups is 1. The van der Waals surface area contributed by atoms with E-state index in [1.54, 1.807) is 18.2 Å². The monoisotopic (exact) mass is 678 g/mol. The lowest BCUT2D eigenvalue weighted by Gasteiger charge is -2.49. The van der Waals surface area contributed by atoms with Crippen LogP contribution in [0.25, 0.3) is 5.69 Å². The van der Waals surface area contributed by atoms with Gasteiger partial charge in [-0.3, -0.25) is 9.59 Å². The number of anilines is 1. The summed E-state index contributed by atoms with van der Waals surface area (Å²) in [6, 6.07) is 11.9. The molecule has 0 spiro atoms. The summed E-state index contributed by atoms with van der Waals surface area (Å²) < 4.78 is 75.6. The minimum Gasteiger partial charge on any atom is -0.508 e. The molecule has 3 aliphatic rings. The minimum atomic E-state index is -2.75. The van der Waals surface area contributed by atoms with E-state index in [1.807, 2.05) is 0 Å². The van der Waals surface area contributed by atoms with Crippen molar-refractivity contribution < 1.29 is 36.6 Å². The summed E-state index contributed by atoms with van der Waals surface area (Å²) in [4.78, 5) is 49.9. The van der Waals surface area contributed by atoms with Gasteiger partial charge in [0.05, 0.1) is 18.3 Å². The first-order chi connectivity index (χ1) is 21.8. The maximum Gasteiger partial charge on any atom is 0.352 e. The standard InChI is InChI=1S/C30H17Cl2F5N4O5/c31-29-12-16-14(10-11-38-27(45)39(28(46)41(16)38)13-6-2-1-3-7-13)18(15-8-4-5-9-17(15)42)30(29,32)26(44)40(25(29)43)24-22(36)20(34)19(33)21(35)23(24)37/h1-10,16,18,42H,11-12H2/t16-,18-,29-,30+/m1/s1. The maximum absolute atomic E-state index is 15.1. The SMILES string of the molecule is O=C1N(c2c(F)c(F)c(F)c(F)c2F)C(=O)[C@@]2(Cl)[C@@H](c3ccccc3O)C3=CCn4c(=O)n(-c5ccccc5)c(=O)n4[C@@H]3C[C@@]12Cl. The summed E-state index contributed by atoms with van der Waals surface area (Å²) in [6.45, 7) is -0.254. The molecule has 2 fully saturated rings. The molecule has 1 aliphatic carbocycles. The fourth-order valence-corrected chi connectivity index (χ4v) is 7.61. The second-order valence-corrected chi connectivity index (χ2v) is 12.2. The Morgan fingerprint density at radius 1 is 0.761 bits per heavy atom. The van der Waals surface area contributed by atoms with Crippen molar-refractivity contribution in [1.29, 1.82) is 0 Å². The van der Waals surface area contributed by atoms with E-state index in [2.05, 4.69) is 0 Å². The highest BCUT2D eigenvalue weighted by Crippen LogP contribution is 2.64. The zero-order valence-corrected chi connectivity index (χ0v) is 24.4. The van der Waals surface area contributed by atoms with E-state index in [-0.39, 0.29) is 28.3 Å². The van der Waals surface area contributed by atoms with Gasteiger partial charge < -0.3 is 5.11 Å². The zero-order valence-electron chi connectivity index (χ0n) is 22.9. The Morgan fingerprint density at radius 3 is 1.98 bits per heavy atom. The molecule has 2 amide bonds. The van der Waals surface area contributed by atoms with Gasteiger partial charge in [0.1, 0.15) is 11.4 Å². The Morgan fingerprint density at radius 2 is 1.35 bits per heavy atom. The second kappa shape index (κ2) is 9.90. The molecule has 0 radical (unpaired) electrons. The van der Waals surface area contributed by atoms with Crippen molar-refractivity contribution in [2.45, 2.75) is 34.7 Å². The average molecular weight is 679 g/mol. The Kier molecular flexibility index (Phi) is 6.46. The van der Waals surface area contributed by atoms with Crippen LogP contribution in [-0.2, 0) is 16.1 Å². The highest BCUT2D eigenvalue weighted by Gasteiger charge is 2.76. The summed E-state index contributed by atoms with van der Waals surface area (Å²) in [7, 11) is 0. The van der Waals surface area contributed by atoms with Crippen molar-refractivity contribution in [2.75, 3.05) is 4.90 Å². The topological polar surface area (TPSA) is 107 Å². The van der Waals surface area contributed by atoms with Gasteiger partial charge in [-0.05, 0) is 23.8 Å². The van der Waals surface area contributed by atoms with Gasteiger partial charge in [-0.1, -0.05) is 42.5 Å². The van der Waals surface area contributed by atoms with E-state index < -0.39 is 91.8 Å². The summed E-state index contributed by atoms with van der Waals surface area (Å²) in [5.74, 6) is -17.7. The number of phenols is 1. The van der Waals surface area contributed by atoms with Gasteiger partial charge in [0, 0.05) is 17.9 Å². The molecule has 1 saturated carbocycles. The summed E-state index contributed by atoms with van der Waals surface area (Å²) in [6.07, 6.45) is 0.694. The van der Waals surface area contributed by atoms with Crippen molar-refractivity contribution in [2.24, 2.45) is 0 Å². The van der Waals surface area contributed by atoms with Crippen LogP contribution in [0.3, 0.4) is 0 Å². The van der Waals surface area contributed by atoms with Crippen LogP contribution in [0, 0.1) is 29.1 Å². The first-order valence-corrected chi connectivity index (χ1v) is 14.3. The first kappa shape index (κ1) is 30.0. The smallest absolute Gasteiger partial charge is 0.352 e. The predicted octanol–water partition coefficient (Wildman–Crippen LogP) is 4.40. The molecule has 236 valence electrons. The van der Waals surface area contributed by atoms with Crippen LogP contribution >= 0.6 is 23.2 Å². The van der Waals surface area contributed by atoms with Gasteiger partial charge in [0.2, 0.25) is 5.82 Å². The number of nitrogens with zero attached hydrogens (tertiary/aromatic N) is 4. The van der Waals surface area contributed by atoms with Crippen LogP contribution in [0.2, 0.25) is 0 Å². The fraction of sp³-hybridized carbons (Fsp3) is 0.200. The third-order valence-electron chi connectivity index (χ3n) is 8.75. The number of para-hydroxylation sites is 2. The summed E-state index contributed by atoms with van der Waals surface area (Å²) in [5.41, 5.74) is -3.31. The Labute approximate surface area is 263 Å². The summed E-state index contributed by atoms with van der Waals surface area (Å²) in [5, 5.41) is 10.9. The number of allylic oxidation sites excluding steroid dienone is 2. The molecular formula is C30H17Cl2F5N4O5. The molecule has 2 aliphatic heterocycles. The molecule has 4 aromatic rings. The number of hydrogen-bond donors (Lipinski definition) is 1. The molecule has 3 heterocycles. The second-order valence-electron chi connectivity index (χ2n) is 11.0. The number of carbonyl (C=O) groups excluding carboxylic acids is 2. The van der Waals surface area contributed by atoms with Gasteiger partial charge in [-0.2, -0.15) is 0 Å². The molecule has 16 heteroatoms. The lowest BCUT2D eigenvalue weighted by Crippen LogP contribution is -2.59. The number of carbonyl (C=O) groups is 2. The minimum absolute atomic E-state index is 0.106. The molecule has 7 rings (SSSR count). The number of imide groups is 1. The summed E-state index contributed by atoms with van der Waals surface area (Å²) >= 11 is 14.0. The third kappa shape index (κ3) is 3.56. The van der Waals surface area contributed by atoms with Gasteiger partial charge in [0.25, 0.3) is 11.8 Å². The number of aromatic nitrogens is 3. The molecule has 46 heavy (non-hydrogen) atoms. The quantitative estimate of drug-likeness (QED) is 0.0864. The Balaban J connectivity index is 1.50. The molecule has 9 nitrogen and oxygen atoms in total. The van der Waals surface area contributed by atoms with Crippen molar-refractivity contribution in [3.63, 3.8) is 0 Å². The highest BCUT2D eigenvalue weighted by molar-refractivity contribution is 6.58. The average Bonchev–Trinajstić information content (AvgIpc) is 3.38. The normalized spacial score (nSPS) is 25.3. The Bertz CT molecular complexity index is 2160. The fourth-order valence-electron chi connectivity index (χ4n) is 6.70. The van der Waals surface area contributed by atoms with Crippen molar-refractivity contribution in [3.05, 3.63) is 122 Å². The third-order valence-corrected chi connectivity index (χ3v) is 10.2.